The number of aromatic hydroxyl groups is 1. The summed E-state index contributed by atoms with van der Waals surface area (Å²) in [5, 5.41) is 18.6. The lowest BCUT2D eigenvalue weighted by atomic mass is 9.99. The molecule has 4 nitrogen and oxygen atoms in total. The minimum Gasteiger partial charge on any atom is -0.504 e. The number of carbonyl (C=O) groups is 1. The van der Waals surface area contributed by atoms with Crippen molar-refractivity contribution in [1.82, 2.24) is 0 Å². The van der Waals surface area contributed by atoms with Gasteiger partial charge in [0.15, 0.2) is 11.5 Å². The number of ether oxygens (including phenoxy) is 1. The van der Waals surface area contributed by atoms with E-state index in [1.54, 1.807) is 0 Å². The third kappa shape index (κ3) is 2.11. The molecule has 16 heavy (non-hydrogen) atoms. The van der Waals surface area contributed by atoms with Crippen molar-refractivity contribution in [2.45, 2.75) is 12.8 Å². The van der Waals surface area contributed by atoms with Gasteiger partial charge in [0.25, 0.3) is 0 Å². The SMILES string of the molecule is COc1cc(F)c(Br)c(C(C)C(=O)O)c1O. The number of halogens is 2. The molecule has 0 aromatic heterocycles. The summed E-state index contributed by atoms with van der Waals surface area (Å²) in [5.41, 5.74) is -0.0376. The summed E-state index contributed by atoms with van der Waals surface area (Å²) in [6.45, 7) is 1.35. The molecule has 1 aromatic rings. The molecule has 0 saturated heterocycles. The van der Waals surface area contributed by atoms with Crippen LogP contribution in [0.5, 0.6) is 11.5 Å². The van der Waals surface area contributed by atoms with E-state index in [1.165, 1.54) is 14.0 Å². The van der Waals surface area contributed by atoms with Gasteiger partial charge < -0.3 is 14.9 Å². The Morgan fingerprint density at radius 1 is 1.62 bits per heavy atom. The van der Waals surface area contributed by atoms with Crippen molar-refractivity contribution in [3.63, 3.8) is 0 Å². The summed E-state index contributed by atoms with van der Waals surface area (Å²) < 4.78 is 18.1. The Balaban J connectivity index is 3.47. The van der Waals surface area contributed by atoms with E-state index in [2.05, 4.69) is 15.9 Å². The number of carboxylic acids is 1. The molecule has 6 heteroatoms. The summed E-state index contributed by atoms with van der Waals surface area (Å²) in [4.78, 5) is 10.8. The number of carboxylic acid groups (broad SMARTS) is 1. The molecular weight excluding hydrogens is 283 g/mol. The van der Waals surface area contributed by atoms with Crippen molar-refractivity contribution in [2.75, 3.05) is 7.11 Å². The van der Waals surface area contributed by atoms with Crippen LogP contribution < -0.4 is 4.74 Å². The van der Waals surface area contributed by atoms with E-state index in [0.29, 0.717) is 0 Å². The summed E-state index contributed by atoms with van der Waals surface area (Å²) in [6.07, 6.45) is 0. The maximum absolute atomic E-state index is 13.4. The zero-order valence-corrected chi connectivity index (χ0v) is 10.2. The minimum atomic E-state index is -1.16. The Bertz CT molecular complexity index is 433. The van der Waals surface area contributed by atoms with Gasteiger partial charge in [-0.15, -0.1) is 0 Å². The van der Waals surface area contributed by atoms with Crippen molar-refractivity contribution in [3.8, 4) is 11.5 Å². The first kappa shape index (κ1) is 12.8. The fraction of sp³-hybridized carbons (Fsp3) is 0.300. The third-order valence-electron chi connectivity index (χ3n) is 2.22. The van der Waals surface area contributed by atoms with Gasteiger partial charge >= 0.3 is 5.97 Å². The second kappa shape index (κ2) is 4.69. The Hall–Kier alpha value is -1.30. The third-order valence-corrected chi connectivity index (χ3v) is 3.02. The molecule has 1 aromatic carbocycles. The van der Waals surface area contributed by atoms with Gasteiger partial charge in [-0.1, -0.05) is 0 Å². The van der Waals surface area contributed by atoms with Crippen LogP contribution in [0.15, 0.2) is 10.5 Å². The molecule has 2 N–H and O–H groups in total. The molecule has 1 rings (SSSR count). The van der Waals surface area contributed by atoms with E-state index < -0.39 is 17.7 Å². The number of hydrogen-bond donors (Lipinski definition) is 2. The van der Waals surface area contributed by atoms with Crippen molar-refractivity contribution in [3.05, 3.63) is 21.9 Å². The lowest BCUT2D eigenvalue weighted by Gasteiger charge is -2.14. The molecule has 0 amide bonds. The monoisotopic (exact) mass is 292 g/mol. The molecule has 0 aliphatic rings. The molecule has 0 spiro atoms. The van der Waals surface area contributed by atoms with Crippen LogP contribution in [0, 0.1) is 5.82 Å². The zero-order chi connectivity index (χ0) is 12.5. The van der Waals surface area contributed by atoms with Gasteiger partial charge in [-0.2, -0.15) is 0 Å². The van der Waals surface area contributed by atoms with Crippen LogP contribution in [0.25, 0.3) is 0 Å². The molecule has 0 saturated carbocycles. The summed E-state index contributed by atoms with van der Waals surface area (Å²) in [5.74, 6) is -3.35. The quantitative estimate of drug-likeness (QED) is 0.898. The highest BCUT2D eigenvalue weighted by atomic mass is 79.9. The lowest BCUT2D eigenvalue weighted by Crippen LogP contribution is -2.09. The molecule has 0 radical (unpaired) electrons. The highest BCUT2D eigenvalue weighted by Gasteiger charge is 2.25. The van der Waals surface area contributed by atoms with Gasteiger partial charge in [0.1, 0.15) is 5.82 Å². The van der Waals surface area contributed by atoms with Crippen molar-refractivity contribution < 1.29 is 24.1 Å². The van der Waals surface area contributed by atoms with Crippen LogP contribution in [0.1, 0.15) is 18.4 Å². The first-order chi connectivity index (χ1) is 7.40. The average Bonchev–Trinajstić information content (AvgIpc) is 2.23. The van der Waals surface area contributed by atoms with Gasteiger partial charge in [-0.05, 0) is 22.9 Å². The zero-order valence-electron chi connectivity index (χ0n) is 8.62. The molecule has 0 aliphatic carbocycles. The number of hydrogen-bond acceptors (Lipinski definition) is 3. The van der Waals surface area contributed by atoms with E-state index in [1.807, 2.05) is 0 Å². The summed E-state index contributed by atoms with van der Waals surface area (Å²) >= 11 is 2.91. The van der Waals surface area contributed by atoms with Crippen LogP contribution in [0.2, 0.25) is 0 Å². The first-order valence-electron chi connectivity index (χ1n) is 4.37. The number of rotatable bonds is 3. The largest absolute Gasteiger partial charge is 0.504 e. The molecule has 88 valence electrons. The number of methoxy groups -OCH3 is 1. The summed E-state index contributed by atoms with van der Waals surface area (Å²) in [6, 6.07) is 0.984. The number of phenols is 1. The van der Waals surface area contributed by atoms with Crippen molar-refractivity contribution in [1.29, 1.82) is 0 Å². The van der Waals surface area contributed by atoms with Gasteiger partial charge in [-0.3, -0.25) is 4.79 Å². The molecular formula is C10H10BrFO4. The predicted molar refractivity (Wildman–Crippen MR) is 58.4 cm³/mol. The van der Waals surface area contributed by atoms with Crippen LogP contribution in [-0.2, 0) is 4.79 Å². The molecule has 0 heterocycles. The predicted octanol–water partition coefficient (Wildman–Crippen LogP) is 2.49. The van der Waals surface area contributed by atoms with Crippen molar-refractivity contribution >= 4 is 21.9 Å². The lowest BCUT2D eigenvalue weighted by molar-refractivity contribution is -0.138. The second-order valence-corrected chi connectivity index (χ2v) is 3.99. The van der Waals surface area contributed by atoms with Gasteiger partial charge in [-0.25, -0.2) is 4.39 Å². The Morgan fingerprint density at radius 2 is 2.19 bits per heavy atom. The Morgan fingerprint density at radius 3 is 2.62 bits per heavy atom. The molecule has 1 atom stereocenters. The maximum Gasteiger partial charge on any atom is 0.310 e. The Labute approximate surface area is 99.8 Å². The number of benzene rings is 1. The first-order valence-corrected chi connectivity index (χ1v) is 5.17. The van der Waals surface area contributed by atoms with E-state index in [-0.39, 0.29) is 21.5 Å². The molecule has 0 aliphatic heterocycles. The van der Waals surface area contributed by atoms with E-state index in [4.69, 9.17) is 9.84 Å². The van der Waals surface area contributed by atoms with Gasteiger partial charge in [0, 0.05) is 11.6 Å². The van der Waals surface area contributed by atoms with Crippen LogP contribution in [-0.4, -0.2) is 23.3 Å². The van der Waals surface area contributed by atoms with Crippen LogP contribution >= 0.6 is 15.9 Å². The molecule has 1 unspecified atom stereocenters. The second-order valence-electron chi connectivity index (χ2n) is 3.20. The van der Waals surface area contributed by atoms with Gasteiger partial charge in [0.2, 0.25) is 0 Å². The standard InChI is InChI=1S/C10H10BrFO4/c1-4(10(14)15)7-8(11)5(12)3-6(16-2)9(7)13/h3-4,13H,1-2H3,(H,14,15). The minimum absolute atomic E-state index is 0.0376. The van der Waals surface area contributed by atoms with Gasteiger partial charge in [0.05, 0.1) is 17.5 Å². The number of phenolic OH excluding ortho intramolecular Hbond substituents is 1. The summed E-state index contributed by atoms with van der Waals surface area (Å²) in [7, 11) is 1.26. The normalized spacial score (nSPS) is 12.2. The molecule has 0 fully saturated rings. The van der Waals surface area contributed by atoms with Crippen LogP contribution in [0.3, 0.4) is 0 Å². The van der Waals surface area contributed by atoms with Crippen molar-refractivity contribution in [2.24, 2.45) is 0 Å². The fourth-order valence-corrected chi connectivity index (χ4v) is 1.93. The Kier molecular flexibility index (Phi) is 3.74. The maximum atomic E-state index is 13.4. The molecule has 0 bridgehead atoms. The number of aliphatic carboxylic acids is 1. The average molecular weight is 293 g/mol. The van der Waals surface area contributed by atoms with E-state index >= 15 is 0 Å². The highest BCUT2D eigenvalue weighted by molar-refractivity contribution is 9.10. The van der Waals surface area contributed by atoms with E-state index in [9.17, 15) is 14.3 Å². The van der Waals surface area contributed by atoms with E-state index in [0.717, 1.165) is 6.07 Å². The topological polar surface area (TPSA) is 66.8 Å². The van der Waals surface area contributed by atoms with Crippen LogP contribution in [0.4, 0.5) is 4.39 Å². The smallest absolute Gasteiger partial charge is 0.310 e. The fourth-order valence-electron chi connectivity index (χ4n) is 1.29. The highest BCUT2D eigenvalue weighted by Crippen LogP contribution is 2.41.